The molecule has 6 aliphatic heterocycles. The van der Waals surface area contributed by atoms with Crippen molar-refractivity contribution in [2.24, 2.45) is 16.7 Å². The normalized spacial score (nSPS) is 22.5. The average Bonchev–Trinajstić information content (AvgIpc) is 1.69. The highest BCUT2D eigenvalue weighted by molar-refractivity contribution is 6.90. The molecule has 494 valence electrons. The lowest BCUT2D eigenvalue weighted by Gasteiger charge is -2.54. The minimum Gasteiger partial charge on any atom is -0.468 e. The zero-order valence-electron chi connectivity index (χ0n) is 55.9. The number of rotatable bonds is 17. The number of piperidine rings is 2. The number of hydrogen-bond acceptors (Lipinski definition) is 16. The molecular formula is C72H91FN10O9Si. The van der Waals surface area contributed by atoms with E-state index < -0.39 is 49.2 Å². The van der Waals surface area contributed by atoms with Crippen LogP contribution in [0, 0.1) is 34.0 Å². The fraction of sp³-hybridized carbons (Fsp3) is 0.583. The Morgan fingerprint density at radius 1 is 0.796 bits per heavy atom. The van der Waals surface area contributed by atoms with Crippen molar-refractivity contribution >= 4 is 71.0 Å². The average molecular weight is 1290 g/mol. The molecule has 7 fully saturated rings. The van der Waals surface area contributed by atoms with E-state index in [9.17, 15) is 24.0 Å². The van der Waals surface area contributed by atoms with E-state index in [-0.39, 0.29) is 60.4 Å². The second-order valence-electron chi connectivity index (χ2n) is 30.1. The maximum atomic E-state index is 18.3. The minimum atomic E-state index is -2.17. The van der Waals surface area contributed by atoms with Crippen LogP contribution in [-0.4, -0.2) is 182 Å². The molecule has 5 aromatic rings. The number of hydrogen-bond donors (Lipinski definition) is 1. The van der Waals surface area contributed by atoms with Gasteiger partial charge in [-0.3, -0.25) is 44.2 Å². The Morgan fingerprint density at radius 2 is 1.49 bits per heavy atom. The molecule has 2 saturated carbocycles. The Kier molecular flexibility index (Phi) is 17.4. The predicted molar refractivity (Wildman–Crippen MR) is 358 cm³/mol. The van der Waals surface area contributed by atoms with Gasteiger partial charge in [0, 0.05) is 99.7 Å². The van der Waals surface area contributed by atoms with Crippen molar-refractivity contribution < 1.29 is 47.3 Å². The summed E-state index contributed by atoms with van der Waals surface area (Å²) < 4.78 is 42.4. The van der Waals surface area contributed by atoms with Gasteiger partial charge in [0.05, 0.1) is 35.2 Å². The van der Waals surface area contributed by atoms with Crippen LogP contribution in [0.5, 0.6) is 11.8 Å². The molecule has 93 heavy (non-hydrogen) atoms. The van der Waals surface area contributed by atoms with E-state index in [0.717, 1.165) is 105 Å². The van der Waals surface area contributed by atoms with Gasteiger partial charge in [0.25, 0.3) is 11.8 Å². The molecule has 21 heteroatoms. The maximum absolute atomic E-state index is 18.3. The van der Waals surface area contributed by atoms with Crippen LogP contribution in [0.1, 0.15) is 153 Å². The summed E-state index contributed by atoms with van der Waals surface area (Å²) in [5.74, 6) is 2.81. The van der Waals surface area contributed by atoms with Crippen LogP contribution in [0.4, 0.5) is 20.7 Å². The fourth-order valence-electron chi connectivity index (χ4n) is 17.0. The number of pyridine rings is 1. The van der Waals surface area contributed by atoms with Gasteiger partial charge < -0.3 is 33.6 Å². The summed E-state index contributed by atoms with van der Waals surface area (Å²) in [6, 6.07) is 14.1. The Balaban J connectivity index is 0.693. The van der Waals surface area contributed by atoms with Gasteiger partial charge in [0.1, 0.15) is 42.5 Å². The van der Waals surface area contributed by atoms with Gasteiger partial charge in [-0.15, -0.1) is 5.54 Å². The lowest BCUT2D eigenvalue weighted by molar-refractivity contribution is -0.136. The van der Waals surface area contributed by atoms with Crippen molar-refractivity contribution in [2.75, 3.05) is 95.8 Å². The fourth-order valence-corrected chi connectivity index (χ4v) is 22.2. The zero-order valence-corrected chi connectivity index (χ0v) is 56.9. The van der Waals surface area contributed by atoms with Crippen molar-refractivity contribution in [1.82, 2.24) is 39.9 Å². The van der Waals surface area contributed by atoms with Crippen LogP contribution in [-0.2, 0) is 19.1 Å². The first-order valence-electron chi connectivity index (χ1n) is 34.0. The maximum Gasteiger partial charge on any atom is 0.410 e. The molecule has 2 bridgehead atoms. The molecule has 19 nitrogen and oxygen atoms in total. The number of carbonyl (C=O) groups excluding carboxylic acids is 5. The van der Waals surface area contributed by atoms with E-state index in [2.05, 4.69) is 77.9 Å². The van der Waals surface area contributed by atoms with Gasteiger partial charge in [0.15, 0.2) is 12.6 Å². The number of piperazine rings is 2. The summed E-state index contributed by atoms with van der Waals surface area (Å²) in [5, 5.41) is 4.35. The SMILES string of the molecule is COCOc1cc(-c2ncc3c(N4CC5CCC(C4)N5C(=O)OC(C)(C)C)nc(OCC4(CN5CCC6(CC5)CC(CN5CCN(c7ccc8c(c7)C(=O)N(C7CCC(=O)NC7=O)C8=O)CC5)C6)CC4)nc3c2F)c2c(C#C[Si](C(C)C)(C(C)C)C(C)C)cccc2c1. The number of likely N-dealkylation sites (tertiary alicyclic amines) is 1. The Bertz CT molecular complexity index is 3800. The summed E-state index contributed by atoms with van der Waals surface area (Å²) in [6.07, 6.45) is 10.1. The number of ether oxygens (including phenoxy) is 4. The molecule has 3 aromatic carbocycles. The highest BCUT2D eigenvalue weighted by Gasteiger charge is 2.51. The number of carbonyl (C=O) groups is 5. The summed E-state index contributed by atoms with van der Waals surface area (Å²) in [4.78, 5) is 92.6. The lowest BCUT2D eigenvalue weighted by atomic mass is 9.57. The largest absolute Gasteiger partial charge is 0.468 e. The minimum absolute atomic E-state index is 0.00415. The number of fused-ring (bicyclic) bond motifs is 5. The Labute approximate surface area is 546 Å². The van der Waals surface area contributed by atoms with Crippen molar-refractivity contribution in [2.45, 2.75) is 167 Å². The standard InChI is InChI=1S/C72H91FN10O9Si/c1-44(2)93(45(3)4,46(5)6)31-20-48-12-11-13-49-32-53(91-43-89-10)34-56(60(48)49)62-61(73)63-57(37-74-62)64(81-39-51-14-15-52(40-81)82(51)69(88)92-70(7,8)9)77-68(76-63)90-42-72(21-22-72)41-79-25-23-71(24-26-79)35-47(36-71)38-78-27-29-80(30-28-78)50-16-17-54-55(33-50)67(87)83(66(54)86)58-18-19-59(84)75-65(58)85/h11-13,16-17,32-34,37,44-47,51-52,58H,14-15,18-19,21-30,35-36,38-43H2,1-10H3,(H,75,84,85). The number of amides is 5. The molecule has 3 atom stereocenters. The number of methoxy groups -OCH3 is 1. The van der Waals surface area contributed by atoms with E-state index in [4.69, 9.17) is 33.9 Å². The molecule has 1 spiro atoms. The van der Waals surface area contributed by atoms with Gasteiger partial charge in [0.2, 0.25) is 11.8 Å². The predicted octanol–water partition coefficient (Wildman–Crippen LogP) is 11.0. The number of anilines is 2. The number of nitrogens with zero attached hydrogens (tertiary/aromatic N) is 9. The third kappa shape index (κ3) is 12.5. The van der Waals surface area contributed by atoms with E-state index in [1.807, 2.05) is 62.1 Å². The summed E-state index contributed by atoms with van der Waals surface area (Å²) in [5.41, 5.74) is 7.88. The first kappa shape index (κ1) is 64.5. The van der Waals surface area contributed by atoms with Crippen molar-refractivity contribution in [3.8, 4) is 34.5 Å². The highest BCUT2D eigenvalue weighted by atomic mass is 28.3. The second-order valence-corrected chi connectivity index (χ2v) is 35.6. The molecule has 2 aromatic heterocycles. The molecule has 13 rings (SSSR count). The third-order valence-corrected chi connectivity index (χ3v) is 28.2. The molecule has 2 aliphatic carbocycles. The van der Waals surface area contributed by atoms with Crippen LogP contribution in [0.15, 0.2) is 54.7 Å². The monoisotopic (exact) mass is 1290 g/mol. The van der Waals surface area contributed by atoms with E-state index in [1.54, 1.807) is 25.4 Å². The van der Waals surface area contributed by atoms with E-state index in [1.165, 1.54) is 25.7 Å². The highest BCUT2D eigenvalue weighted by Crippen LogP contribution is 2.55. The molecule has 5 saturated heterocycles. The van der Waals surface area contributed by atoms with Gasteiger partial charge in [-0.1, -0.05) is 59.6 Å². The van der Waals surface area contributed by atoms with Crippen LogP contribution in [0.3, 0.4) is 0 Å². The molecule has 8 aliphatic rings. The van der Waals surface area contributed by atoms with Crippen molar-refractivity contribution in [3.63, 3.8) is 0 Å². The number of aromatic nitrogens is 3. The molecule has 5 amide bonds. The third-order valence-electron chi connectivity index (χ3n) is 21.9. The summed E-state index contributed by atoms with van der Waals surface area (Å²) >= 11 is 0. The van der Waals surface area contributed by atoms with E-state index in [0.29, 0.717) is 81.3 Å². The van der Waals surface area contributed by atoms with Gasteiger partial charge in [-0.05, 0) is 161 Å². The Morgan fingerprint density at radius 3 is 2.15 bits per heavy atom. The molecular weight excluding hydrogens is 1200 g/mol. The molecule has 8 heterocycles. The zero-order chi connectivity index (χ0) is 65.5. The number of benzene rings is 3. The Hall–Kier alpha value is -7.25. The van der Waals surface area contributed by atoms with E-state index >= 15 is 4.39 Å². The molecule has 3 unspecified atom stereocenters. The van der Waals surface area contributed by atoms with Gasteiger partial charge in [-0.25, -0.2) is 9.18 Å². The quantitative estimate of drug-likeness (QED) is 0.0400. The van der Waals surface area contributed by atoms with Crippen LogP contribution in [0.2, 0.25) is 16.6 Å². The number of imide groups is 2. The van der Waals surface area contributed by atoms with Crippen molar-refractivity contribution in [1.29, 1.82) is 0 Å². The summed E-state index contributed by atoms with van der Waals surface area (Å²) in [7, 11) is -0.601. The van der Waals surface area contributed by atoms with Crippen LogP contribution < -0.4 is 24.6 Å². The smallest absolute Gasteiger partial charge is 0.410 e. The number of halogens is 1. The summed E-state index contributed by atoms with van der Waals surface area (Å²) in [6.45, 7) is 28.3. The molecule has 1 N–H and O–H groups in total. The second kappa shape index (κ2) is 25.1. The first-order valence-corrected chi connectivity index (χ1v) is 36.2. The molecule has 0 radical (unpaired) electrons. The van der Waals surface area contributed by atoms with Crippen LogP contribution >= 0.6 is 0 Å². The van der Waals surface area contributed by atoms with Gasteiger partial charge in [-0.2, -0.15) is 9.97 Å². The number of nitrogens with one attached hydrogen (secondary N) is 1. The van der Waals surface area contributed by atoms with Crippen LogP contribution in [0.25, 0.3) is 32.9 Å². The topological polar surface area (TPSA) is 192 Å². The first-order chi connectivity index (χ1) is 44.4. The van der Waals surface area contributed by atoms with Gasteiger partial charge >= 0.3 is 12.1 Å². The van der Waals surface area contributed by atoms with Crippen molar-refractivity contribution in [3.05, 3.63) is 77.2 Å². The lowest BCUT2D eigenvalue weighted by Crippen LogP contribution is -2.57.